The summed E-state index contributed by atoms with van der Waals surface area (Å²) in [5.41, 5.74) is 3.89. The molecule has 36 heavy (non-hydrogen) atoms. The van der Waals surface area contributed by atoms with Crippen molar-refractivity contribution in [2.24, 2.45) is 0 Å². The molecule has 0 atom stereocenters. The molecule has 0 aliphatic carbocycles. The predicted molar refractivity (Wildman–Crippen MR) is 130 cm³/mol. The number of aryl methyl sites for hydroxylation is 1. The number of ether oxygens (including phenoxy) is 2. The van der Waals surface area contributed by atoms with Crippen molar-refractivity contribution in [3.05, 3.63) is 90.1 Å². The lowest BCUT2D eigenvalue weighted by atomic mass is 10.0. The maximum absolute atomic E-state index is 12.7. The molecule has 0 saturated heterocycles. The Morgan fingerprint density at radius 3 is 2.39 bits per heavy atom. The Kier molecular flexibility index (Phi) is 7.19. The Bertz CT molecular complexity index is 1370. The van der Waals surface area contributed by atoms with Gasteiger partial charge in [-0.05, 0) is 43.3 Å². The molecule has 1 heterocycles. The quantitative estimate of drug-likeness (QED) is 0.332. The lowest BCUT2D eigenvalue weighted by molar-refractivity contribution is -0.274. The number of carbonyl (C=O) groups is 1. The first-order valence-electron chi connectivity index (χ1n) is 10.9. The Morgan fingerprint density at radius 1 is 0.944 bits per heavy atom. The minimum Gasteiger partial charge on any atom is -0.497 e. The van der Waals surface area contributed by atoms with Crippen LogP contribution in [0.2, 0.25) is 0 Å². The van der Waals surface area contributed by atoms with E-state index >= 15 is 0 Å². The molecule has 9 heteroatoms. The maximum Gasteiger partial charge on any atom is 0.573 e. The summed E-state index contributed by atoms with van der Waals surface area (Å²) in [5, 5.41) is 2.63. The molecule has 0 spiro atoms. The van der Waals surface area contributed by atoms with Gasteiger partial charge in [0.05, 0.1) is 31.1 Å². The Morgan fingerprint density at radius 2 is 1.69 bits per heavy atom. The summed E-state index contributed by atoms with van der Waals surface area (Å²) in [6.45, 7) is 1.97. The van der Waals surface area contributed by atoms with E-state index in [0.717, 1.165) is 22.8 Å². The van der Waals surface area contributed by atoms with Gasteiger partial charge in [0.15, 0.2) is 5.82 Å². The van der Waals surface area contributed by atoms with Gasteiger partial charge < -0.3 is 14.8 Å². The number of halogens is 3. The molecule has 1 N–H and O–H groups in total. The van der Waals surface area contributed by atoms with Crippen LogP contribution in [0.15, 0.2) is 79.0 Å². The summed E-state index contributed by atoms with van der Waals surface area (Å²) in [7, 11) is 1.57. The topological polar surface area (TPSA) is 73.3 Å². The lowest BCUT2D eigenvalue weighted by Gasteiger charge is -2.14. The standard InChI is InChI=1S/C27H22F3N3O3/c1-17-6-5-8-20(14-17)25-26(18-10-12-21(35-2)13-11-18)33-23(16-31-25)32-24(34)15-19-7-3-4-9-22(19)36-27(28,29)30/h3-14,16H,15H2,1-2H3,(H,32,33,34). The van der Waals surface area contributed by atoms with E-state index in [1.807, 2.05) is 43.3 Å². The number of rotatable bonds is 7. The van der Waals surface area contributed by atoms with Crippen LogP contribution in [0.25, 0.3) is 22.5 Å². The number of hydrogen-bond donors (Lipinski definition) is 1. The van der Waals surface area contributed by atoms with Crippen molar-refractivity contribution in [1.82, 2.24) is 9.97 Å². The molecule has 6 nitrogen and oxygen atoms in total. The highest BCUT2D eigenvalue weighted by atomic mass is 19.4. The number of nitrogens with zero attached hydrogens (tertiary/aromatic N) is 2. The zero-order valence-electron chi connectivity index (χ0n) is 19.5. The number of para-hydroxylation sites is 1. The van der Waals surface area contributed by atoms with Crippen LogP contribution in [0.1, 0.15) is 11.1 Å². The number of amides is 1. The lowest BCUT2D eigenvalue weighted by Crippen LogP contribution is -2.20. The highest BCUT2D eigenvalue weighted by Gasteiger charge is 2.32. The molecule has 0 saturated carbocycles. The molecule has 1 amide bonds. The van der Waals surface area contributed by atoms with E-state index in [9.17, 15) is 18.0 Å². The zero-order chi connectivity index (χ0) is 25.7. The van der Waals surface area contributed by atoms with Crippen molar-refractivity contribution in [3.8, 4) is 34.0 Å². The number of benzene rings is 3. The van der Waals surface area contributed by atoms with Crippen LogP contribution in [-0.4, -0.2) is 29.3 Å². The van der Waals surface area contributed by atoms with Gasteiger partial charge in [-0.15, -0.1) is 13.2 Å². The Hall–Kier alpha value is -4.40. The third-order valence-corrected chi connectivity index (χ3v) is 5.24. The minimum absolute atomic E-state index is 0.0899. The summed E-state index contributed by atoms with van der Waals surface area (Å²) in [5.74, 6) is -0.157. The highest BCUT2D eigenvalue weighted by Crippen LogP contribution is 2.32. The molecule has 0 bridgehead atoms. The van der Waals surface area contributed by atoms with Crippen LogP contribution in [0.3, 0.4) is 0 Å². The van der Waals surface area contributed by atoms with Crippen molar-refractivity contribution in [2.45, 2.75) is 19.7 Å². The van der Waals surface area contributed by atoms with Gasteiger partial charge in [0.2, 0.25) is 5.91 Å². The first-order valence-corrected chi connectivity index (χ1v) is 10.9. The fourth-order valence-electron chi connectivity index (χ4n) is 3.64. The normalized spacial score (nSPS) is 11.1. The fraction of sp³-hybridized carbons (Fsp3) is 0.148. The van der Waals surface area contributed by atoms with Crippen molar-refractivity contribution >= 4 is 11.7 Å². The molecule has 4 aromatic rings. The molecule has 1 aromatic heterocycles. The number of hydrogen-bond acceptors (Lipinski definition) is 5. The summed E-state index contributed by atoms with van der Waals surface area (Å²) < 4.78 is 47.4. The SMILES string of the molecule is COc1ccc(-c2nc(NC(=O)Cc3ccccc3OC(F)(F)F)cnc2-c2cccc(C)c2)cc1. The molecular weight excluding hydrogens is 471 g/mol. The molecular formula is C27H22F3N3O3. The largest absolute Gasteiger partial charge is 0.573 e. The summed E-state index contributed by atoms with van der Waals surface area (Å²) in [6, 6.07) is 20.5. The van der Waals surface area contributed by atoms with Crippen LogP contribution in [0.4, 0.5) is 19.0 Å². The zero-order valence-corrected chi connectivity index (χ0v) is 19.5. The summed E-state index contributed by atoms with van der Waals surface area (Å²) in [4.78, 5) is 21.9. The average molecular weight is 493 g/mol. The van der Waals surface area contributed by atoms with Gasteiger partial charge >= 0.3 is 6.36 Å². The Labute approximate surface area is 205 Å². The second-order valence-electron chi connectivity index (χ2n) is 7.93. The first-order chi connectivity index (χ1) is 17.2. The second-order valence-corrected chi connectivity index (χ2v) is 7.93. The van der Waals surface area contributed by atoms with Crippen molar-refractivity contribution in [2.75, 3.05) is 12.4 Å². The molecule has 0 radical (unpaired) electrons. The van der Waals surface area contributed by atoms with Gasteiger partial charge in [-0.1, -0.05) is 42.0 Å². The van der Waals surface area contributed by atoms with Gasteiger partial charge in [-0.2, -0.15) is 0 Å². The molecule has 0 aliphatic rings. The molecule has 3 aromatic carbocycles. The monoisotopic (exact) mass is 493 g/mol. The van der Waals surface area contributed by atoms with Gasteiger partial charge in [0, 0.05) is 16.7 Å². The van der Waals surface area contributed by atoms with E-state index in [-0.39, 0.29) is 17.8 Å². The number of alkyl halides is 3. The van der Waals surface area contributed by atoms with E-state index in [1.165, 1.54) is 24.4 Å². The number of carbonyl (C=O) groups excluding carboxylic acids is 1. The molecule has 184 valence electrons. The Balaban J connectivity index is 1.64. The van der Waals surface area contributed by atoms with Gasteiger partial charge in [-0.25, -0.2) is 4.98 Å². The predicted octanol–water partition coefficient (Wildman–Crippen LogP) is 6.21. The summed E-state index contributed by atoms with van der Waals surface area (Å²) in [6.07, 6.45) is -3.79. The maximum atomic E-state index is 12.7. The number of methoxy groups -OCH3 is 1. The smallest absolute Gasteiger partial charge is 0.497 e. The van der Waals surface area contributed by atoms with Crippen LogP contribution >= 0.6 is 0 Å². The number of nitrogens with one attached hydrogen (secondary N) is 1. The summed E-state index contributed by atoms with van der Waals surface area (Å²) >= 11 is 0. The third-order valence-electron chi connectivity index (χ3n) is 5.24. The van der Waals surface area contributed by atoms with Crippen molar-refractivity contribution < 1.29 is 27.4 Å². The van der Waals surface area contributed by atoms with Crippen LogP contribution in [0, 0.1) is 6.92 Å². The molecule has 0 fully saturated rings. The van der Waals surface area contributed by atoms with Crippen molar-refractivity contribution in [3.63, 3.8) is 0 Å². The van der Waals surface area contributed by atoms with Crippen LogP contribution in [-0.2, 0) is 11.2 Å². The fourth-order valence-corrected chi connectivity index (χ4v) is 3.64. The minimum atomic E-state index is -4.86. The van der Waals surface area contributed by atoms with Gasteiger partial charge in [0.1, 0.15) is 11.5 Å². The molecule has 4 rings (SSSR count). The molecule has 0 unspecified atom stereocenters. The molecule has 0 aliphatic heterocycles. The highest BCUT2D eigenvalue weighted by molar-refractivity contribution is 5.92. The van der Waals surface area contributed by atoms with E-state index in [2.05, 4.69) is 20.0 Å². The third kappa shape index (κ3) is 6.18. The average Bonchev–Trinajstić information content (AvgIpc) is 2.84. The van der Waals surface area contributed by atoms with Gasteiger partial charge in [-0.3, -0.25) is 9.78 Å². The van der Waals surface area contributed by atoms with E-state index in [4.69, 9.17) is 4.74 Å². The van der Waals surface area contributed by atoms with E-state index in [1.54, 1.807) is 19.2 Å². The first kappa shape index (κ1) is 24.7. The van der Waals surface area contributed by atoms with Gasteiger partial charge in [0.25, 0.3) is 0 Å². The van der Waals surface area contributed by atoms with E-state index < -0.39 is 18.0 Å². The number of anilines is 1. The van der Waals surface area contributed by atoms with Crippen LogP contribution in [0.5, 0.6) is 11.5 Å². The van der Waals surface area contributed by atoms with Crippen molar-refractivity contribution in [1.29, 1.82) is 0 Å². The number of aromatic nitrogens is 2. The second kappa shape index (κ2) is 10.5. The van der Waals surface area contributed by atoms with E-state index in [0.29, 0.717) is 17.1 Å². The van der Waals surface area contributed by atoms with Crippen LogP contribution < -0.4 is 14.8 Å².